The molecule has 6 nitrogen and oxygen atoms in total. The van der Waals surface area contributed by atoms with E-state index in [1.807, 2.05) is 225 Å². The van der Waals surface area contributed by atoms with Crippen LogP contribution in [0, 0.1) is 63.8 Å². The van der Waals surface area contributed by atoms with Gasteiger partial charge in [0.2, 0.25) is 0 Å². The van der Waals surface area contributed by atoms with Crippen molar-refractivity contribution in [2.75, 3.05) is 0 Å². The minimum atomic E-state index is -2.09. The number of benzene rings is 9. The zero-order valence-corrected chi connectivity index (χ0v) is 60.6. The van der Waals surface area contributed by atoms with Gasteiger partial charge in [-0.2, -0.15) is 0 Å². The summed E-state index contributed by atoms with van der Waals surface area (Å²) < 4.78 is 103. The second kappa shape index (κ2) is 41.2. The van der Waals surface area contributed by atoms with E-state index >= 15 is 0 Å². The van der Waals surface area contributed by atoms with Crippen LogP contribution in [0.2, 0.25) is 0 Å². The molecule has 6 heterocycles. The Morgan fingerprint density at radius 1 is 0.242 bits per heavy atom. The van der Waals surface area contributed by atoms with Gasteiger partial charge in [0, 0.05) is 117 Å². The van der Waals surface area contributed by atoms with Crippen LogP contribution in [0.15, 0.2) is 334 Å². The zero-order valence-electron chi connectivity index (χ0n) is 67.4. The number of hydrogen-bond donors (Lipinski definition) is 0. The average Bonchev–Trinajstić information content (AvgIpc) is 0.842. The molecule has 3 radical (unpaired) electrons. The molecule has 0 aliphatic heterocycles. The van der Waals surface area contributed by atoms with Gasteiger partial charge in [0.1, 0.15) is 0 Å². The Labute approximate surface area is 645 Å². The van der Waals surface area contributed by atoms with Gasteiger partial charge in [-0.3, -0.25) is 0 Å². The monoisotopic (exact) mass is 1830 g/mol. The van der Waals surface area contributed by atoms with Crippen LogP contribution in [-0.2, 0) is 66.7 Å². The van der Waals surface area contributed by atoms with E-state index in [-0.39, 0.29) is 77.0 Å². The van der Waals surface area contributed by atoms with Gasteiger partial charge in [-0.1, -0.05) is 164 Å². The number of rotatable bonds is 10. The van der Waals surface area contributed by atoms with Crippen molar-refractivity contribution in [1.82, 2.24) is 29.9 Å². The molecule has 15 aromatic rings. The summed E-state index contributed by atoms with van der Waals surface area (Å²) in [7, 11) is 0. The van der Waals surface area contributed by atoms with E-state index in [1.54, 1.807) is 79.9 Å². The normalized spacial score (nSPS) is 12.6. The fourth-order valence-electron chi connectivity index (χ4n) is 9.27. The number of nitrogens with zero attached hydrogens (tertiary/aromatic N) is 6. The van der Waals surface area contributed by atoms with Crippen LogP contribution in [0.5, 0.6) is 0 Å². The Bertz CT molecular complexity index is 4810. The summed E-state index contributed by atoms with van der Waals surface area (Å²) in [6.45, 7) is -6.78. The Balaban J connectivity index is 0.000000188. The van der Waals surface area contributed by atoms with Gasteiger partial charge in [0.15, 0.2) is 0 Å². The van der Waals surface area contributed by atoms with Crippen molar-refractivity contribution < 1.29 is 79.5 Å². The first-order chi connectivity index (χ1) is 52.7. The first-order valence-electron chi connectivity index (χ1n) is 37.6. The molecule has 6 aromatic heterocycles. The maximum absolute atomic E-state index is 7.72. The second-order valence-electron chi connectivity index (χ2n) is 21.0. The summed E-state index contributed by atoms with van der Waals surface area (Å²) >= 11 is 0. The van der Waals surface area contributed by atoms with E-state index < -0.39 is 33.8 Å². The van der Waals surface area contributed by atoms with Crippen LogP contribution in [-0.4, -0.2) is 29.9 Å². The summed E-state index contributed by atoms with van der Waals surface area (Å²) in [6.07, 6.45) is 8.40. The minimum absolute atomic E-state index is 0. The van der Waals surface area contributed by atoms with Crippen LogP contribution in [0.1, 0.15) is 53.9 Å². The minimum Gasteiger partial charge on any atom is -0.304 e. The molecule has 0 bridgehead atoms. The molecular formula is C90H72Ir3N6-6. The third kappa shape index (κ3) is 24.1. The van der Waals surface area contributed by atoms with Crippen molar-refractivity contribution in [3.63, 3.8) is 0 Å². The first-order valence-corrected chi connectivity index (χ1v) is 30.6. The molecule has 0 fully saturated rings. The van der Waals surface area contributed by atoms with E-state index in [2.05, 4.69) is 84.5 Å². The molecule has 9 heteroatoms. The maximum Gasteiger partial charge on any atom is 0.0313 e. The molecule has 0 aliphatic carbocycles. The van der Waals surface area contributed by atoms with Crippen LogP contribution in [0.25, 0.3) is 101 Å². The Morgan fingerprint density at radius 2 is 0.475 bits per heavy atom. The van der Waals surface area contributed by atoms with Gasteiger partial charge in [0.05, 0.1) is 0 Å². The standard InChI is InChI=1S/C19H16N.C18H14N.C17H12N.3C12H10N.3Ir/c1-2-15-8-10-16(11-9-15)18-12-13-19(20-14-18)17-6-4-3-5-7-17;1-14-7-9-15(10-8-14)17-11-12-18(19-13-17)16-5-3-2-4-6-16;1-3-7-14(8-4-1)16-11-12-17(18-13-16)15-9-5-2-6-10-15;3*1-10-7-8-12(13-9-10)11-5-3-2-4-6-11;;;/h3-6,8-14H,2H2,1H3;2-5,7-13H,1H3;1-9,11-13H;3*2-5,7-9H,1H3;;;/q6*-1;;;/i2D2;1D3;;3*1D3;;;. The molecule has 0 spiro atoms. The molecular weight excluding hydrogens is 1740 g/mol. The molecule has 15 rings (SSSR count). The van der Waals surface area contributed by atoms with E-state index in [1.165, 1.54) is 24.2 Å². The zero-order chi connectivity index (χ0) is 78.2. The van der Waals surface area contributed by atoms with Gasteiger partial charge in [-0.25, -0.2) is 0 Å². The maximum atomic E-state index is 7.72. The molecule has 0 amide bonds. The van der Waals surface area contributed by atoms with Gasteiger partial charge in [0.25, 0.3) is 0 Å². The quantitative estimate of drug-likeness (QED) is 0.127. The molecule has 495 valence electrons. The molecule has 99 heavy (non-hydrogen) atoms. The molecule has 0 saturated heterocycles. The van der Waals surface area contributed by atoms with Gasteiger partial charge < -0.3 is 29.9 Å². The SMILES string of the molecule is [2H]C([2H])(C)c1ccc(-c2ccc(-c3[c-]cccc3)nc2)cc1.[2H]C([2H])([2H])c1ccc(-c2[c-]cccc2)nc1.[2H]C([2H])([2H])c1ccc(-c2[c-]cccc2)nc1.[2H]C([2H])([2H])c1ccc(-c2[c-]cccc2)nc1.[2H]C([2H])([2H])c1ccc(-c2ccc(-c3[c-]cccc3)nc2)cc1.[Ir].[Ir].[Ir].[c-]1ccccc1-c1ccc(-c2ccccc2)cn1. The molecule has 0 saturated carbocycles. The van der Waals surface area contributed by atoms with Gasteiger partial charge in [-0.05, 0) is 124 Å². The molecule has 9 aromatic carbocycles. The van der Waals surface area contributed by atoms with Crippen LogP contribution in [0.4, 0.5) is 0 Å². The van der Waals surface area contributed by atoms with Crippen LogP contribution in [0.3, 0.4) is 0 Å². The summed E-state index contributed by atoms with van der Waals surface area (Å²) in [4.78, 5) is 25.8. The topological polar surface area (TPSA) is 77.3 Å². The number of hydrogen-bond acceptors (Lipinski definition) is 6. The van der Waals surface area contributed by atoms with E-state index in [4.69, 9.17) is 19.2 Å². The van der Waals surface area contributed by atoms with Crippen LogP contribution < -0.4 is 0 Å². The largest absolute Gasteiger partial charge is 0.304 e. The van der Waals surface area contributed by atoms with E-state index in [0.717, 1.165) is 95.4 Å². The predicted molar refractivity (Wildman–Crippen MR) is 396 cm³/mol. The summed E-state index contributed by atoms with van der Waals surface area (Å²) in [5, 5.41) is 0. The summed E-state index contributed by atoms with van der Waals surface area (Å²) in [5.41, 5.74) is 18.5. The second-order valence-corrected chi connectivity index (χ2v) is 21.0. The van der Waals surface area contributed by atoms with Gasteiger partial charge >= 0.3 is 0 Å². The van der Waals surface area contributed by atoms with Crippen molar-refractivity contribution in [3.8, 4) is 101 Å². The summed E-state index contributed by atoms with van der Waals surface area (Å²) in [6, 6.07) is 111. The molecule has 0 N–H and O–H groups in total. The van der Waals surface area contributed by atoms with Crippen molar-refractivity contribution in [1.29, 1.82) is 0 Å². The first kappa shape index (κ1) is 57.9. The van der Waals surface area contributed by atoms with Crippen molar-refractivity contribution in [2.24, 2.45) is 0 Å². The fourth-order valence-corrected chi connectivity index (χ4v) is 9.27. The average molecular weight is 1830 g/mol. The van der Waals surface area contributed by atoms with Crippen molar-refractivity contribution in [3.05, 3.63) is 399 Å². The Kier molecular flexibility index (Phi) is 24.1. The third-order valence-electron chi connectivity index (χ3n) is 14.3. The van der Waals surface area contributed by atoms with Crippen molar-refractivity contribution in [2.45, 2.75) is 40.7 Å². The molecule has 0 atom stereocenters. The molecule has 0 aliphatic rings. The van der Waals surface area contributed by atoms with Crippen LogP contribution >= 0.6 is 0 Å². The number of pyridine rings is 6. The Hall–Kier alpha value is -10.2. The predicted octanol–water partition coefficient (Wildman–Crippen LogP) is 22.1. The Morgan fingerprint density at radius 3 is 0.697 bits per heavy atom. The fraction of sp³-hybridized carbons (Fsp3) is 0.0667. The molecule has 0 unspecified atom stereocenters. The van der Waals surface area contributed by atoms with Crippen molar-refractivity contribution >= 4 is 0 Å². The van der Waals surface area contributed by atoms with E-state index in [0.29, 0.717) is 11.1 Å². The number of aryl methyl sites for hydroxylation is 5. The smallest absolute Gasteiger partial charge is 0.0313 e. The number of aromatic nitrogens is 6. The summed E-state index contributed by atoms with van der Waals surface area (Å²) in [5.74, 6) is 0. The van der Waals surface area contributed by atoms with E-state index in [9.17, 15) is 0 Å². The van der Waals surface area contributed by atoms with Gasteiger partial charge in [-0.15, -0.1) is 215 Å². The third-order valence-corrected chi connectivity index (χ3v) is 14.3.